The van der Waals surface area contributed by atoms with E-state index >= 15 is 0 Å². The Morgan fingerprint density at radius 3 is 2.50 bits per heavy atom. The third-order valence-electron chi connectivity index (χ3n) is 2.37. The average Bonchev–Trinajstić information content (AvgIpc) is 2.27. The van der Waals surface area contributed by atoms with Crippen LogP contribution in [0.25, 0.3) is 0 Å². The summed E-state index contributed by atoms with van der Waals surface area (Å²) in [6, 6.07) is 7.01. The number of hydrogen-bond acceptors (Lipinski definition) is 5. The van der Waals surface area contributed by atoms with Crippen LogP contribution in [0.5, 0.6) is 17.4 Å². The second-order valence-corrected chi connectivity index (χ2v) is 3.90. The molecule has 0 unspecified atom stereocenters. The number of nitrogens with zero attached hydrogens (tertiary/aromatic N) is 2. The summed E-state index contributed by atoms with van der Waals surface area (Å²) in [7, 11) is 1.57. The zero-order chi connectivity index (χ0) is 13.1. The van der Waals surface area contributed by atoms with Gasteiger partial charge in [0.05, 0.1) is 12.8 Å². The third-order valence-corrected chi connectivity index (χ3v) is 2.37. The molecule has 0 aliphatic rings. The molecule has 0 bridgehead atoms. The molecule has 0 amide bonds. The lowest BCUT2D eigenvalue weighted by Gasteiger charge is -2.09. The van der Waals surface area contributed by atoms with Crippen molar-refractivity contribution in [3.63, 3.8) is 0 Å². The van der Waals surface area contributed by atoms with Gasteiger partial charge in [-0.1, -0.05) is 0 Å². The van der Waals surface area contributed by atoms with Gasteiger partial charge in [0.1, 0.15) is 17.3 Å². The number of nitrogens with two attached hydrogens (primary N) is 1. The Kier molecular flexibility index (Phi) is 3.32. The van der Waals surface area contributed by atoms with E-state index < -0.39 is 0 Å². The number of benzene rings is 1. The Morgan fingerprint density at radius 1 is 1.11 bits per heavy atom. The maximum Gasteiger partial charge on any atom is 0.222 e. The Hall–Kier alpha value is -2.30. The minimum absolute atomic E-state index is 0.504. The molecule has 0 spiro atoms. The van der Waals surface area contributed by atoms with Crippen LogP contribution in [0, 0.1) is 13.8 Å². The average molecular weight is 245 g/mol. The molecule has 2 aromatic rings. The highest BCUT2D eigenvalue weighted by atomic mass is 16.5. The molecule has 1 aromatic carbocycles. The molecule has 0 aliphatic carbocycles. The van der Waals surface area contributed by atoms with E-state index in [0.29, 0.717) is 28.9 Å². The van der Waals surface area contributed by atoms with Crippen LogP contribution in [0.3, 0.4) is 0 Å². The van der Waals surface area contributed by atoms with Crippen LogP contribution >= 0.6 is 0 Å². The minimum Gasteiger partial charge on any atom is -0.495 e. The summed E-state index contributed by atoms with van der Waals surface area (Å²) in [5.74, 6) is 2.42. The maximum atomic E-state index is 5.81. The first-order valence-electron chi connectivity index (χ1n) is 5.52. The summed E-state index contributed by atoms with van der Waals surface area (Å²) in [6.07, 6.45) is 0. The number of aromatic nitrogens is 2. The number of ether oxygens (including phenoxy) is 2. The molecule has 0 saturated carbocycles. The van der Waals surface area contributed by atoms with Crippen molar-refractivity contribution < 1.29 is 9.47 Å². The lowest BCUT2D eigenvalue weighted by Crippen LogP contribution is -1.96. The van der Waals surface area contributed by atoms with E-state index in [1.54, 1.807) is 31.4 Å². The summed E-state index contributed by atoms with van der Waals surface area (Å²) in [5, 5.41) is 0. The highest BCUT2D eigenvalue weighted by molar-refractivity contribution is 5.56. The number of aryl methyl sites for hydroxylation is 2. The van der Waals surface area contributed by atoms with E-state index in [0.717, 1.165) is 5.69 Å². The molecule has 0 atom stereocenters. The largest absolute Gasteiger partial charge is 0.495 e. The van der Waals surface area contributed by atoms with E-state index in [2.05, 4.69) is 9.97 Å². The van der Waals surface area contributed by atoms with Gasteiger partial charge in [-0.05, 0) is 26.0 Å². The van der Waals surface area contributed by atoms with Crippen molar-refractivity contribution in [3.05, 3.63) is 35.8 Å². The third kappa shape index (κ3) is 2.68. The first-order chi connectivity index (χ1) is 8.58. The number of methoxy groups -OCH3 is 1. The summed E-state index contributed by atoms with van der Waals surface area (Å²) < 4.78 is 10.7. The molecule has 0 radical (unpaired) electrons. The van der Waals surface area contributed by atoms with Gasteiger partial charge in [-0.3, -0.25) is 0 Å². The van der Waals surface area contributed by atoms with Crippen molar-refractivity contribution in [2.24, 2.45) is 0 Å². The maximum absolute atomic E-state index is 5.81. The van der Waals surface area contributed by atoms with Crippen LogP contribution in [0.4, 0.5) is 5.69 Å². The monoisotopic (exact) mass is 245 g/mol. The zero-order valence-electron chi connectivity index (χ0n) is 10.6. The number of anilines is 1. The second kappa shape index (κ2) is 4.91. The van der Waals surface area contributed by atoms with Crippen molar-refractivity contribution >= 4 is 5.69 Å². The van der Waals surface area contributed by atoms with Crippen molar-refractivity contribution in [1.29, 1.82) is 0 Å². The van der Waals surface area contributed by atoms with E-state index in [1.807, 2.05) is 13.8 Å². The number of nitrogen functional groups attached to an aromatic ring is 1. The molecule has 0 fully saturated rings. The molecule has 1 aromatic heterocycles. The first kappa shape index (κ1) is 12.2. The van der Waals surface area contributed by atoms with Crippen LogP contribution in [0.15, 0.2) is 24.3 Å². The van der Waals surface area contributed by atoms with E-state index in [9.17, 15) is 0 Å². The molecule has 0 saturated heterocycles. The van der Waals surface area contributed by atoms with E-state index in [-0.39, 0.29) is 0 Å². The van der Waals surface area contributed by atoms with Crippen LogP contribution in [0.2, 0.25) is 0 Å². The highest BCUT2D eigenvalue weighted by Crippen LogP contribution is 2.28. The molecular weight excluding hydrogens is 230 g/mol. The predicted molar refractivity (Wildman–Crippen MR) is 69.0 cm³/mol. The smallest absolute Gasteiger partial charge is 0.222 e. The predicted octanol–water partition coefficient (Wildman–Crippen LogP) is 2.48. The molecule has 5 heteroatoms. The summed E-state index contributed by atoms with van der Waals surface area (Å²) in [4.78, 5) is 8.38. The second-order valence-electron chi connectivity index (χ2n) is 3.90. The summed E-state index contributed by atoms with van der Waals surface area (Å²) >= 11 is 0. The molecular formula is C13H15N3O2. The summed E-state index contributed by atoms with van der Waals surface area (Å²) in [5.41, 5.74) is 7.19. The standard InChI is InChI=1S/C13H15N3O2/c1-8-6-13(16-9(2)15-8)18-10-4-5-12(17-3)11(14)7-10/h4-7H,14H2,1-3H3. The SMILES string of the molecule is COc1ccc(Oc2cc(C)nc(C)n2)cc1N. The lowest BCUT2D eigenvalue weighted by atomic mass is 10.3. The van der Waals surface area contributed by atoms with Gasteiger partial charge >= 0.3 is 0 Å². The van der Waals surface area contributed by atoms with Gasteiger partial charge in [0.25, 0.3) is 0 Å². The van der Waals surface area contributed by atoms with Gasteiger partial charge in [-0.2, -0.15) is 4.98 Å². The zero-order valence-corrected chi connectivity index (χ0v) is 10.6. The van der Waals surface area contributed by atoms with Crippen molar-refractivity contribution in [2.75, 3.05) is 12.8 Å². The minimum atomic E-state index is 0.504. The quantitative estimate of drug-likeness (QED) is 0.841. The van der Waals surface area contributed by atoms with Gasteiger partial charge in [0.2, 0.25) is 5.88 Å². The lowest BCUT2D eigenvalue weighted by molar-refractivity contribution is 0.414. The fourth-order valence-electron chi connectivity index (χ4n) is 1.63. The van der Waals surface area contributed by atoms with E-state index in [1.165, 1.54) is 0 Å². The highest BCUT2D eigenvalue weighted by Gasteiger charge is 2.05. The Bertz CT molecular complexity index is 550. The van der Waals surface area contributed by atoms with Gasteiger partial charge in [0, 0.05) is 17.8 Å². The number of rotatable bonds is 3. The van der Waals surface area contributed by atoms with Gasteiger partial charge in [0.15, 0.2) is 0 Å². The Morgan fingerprint density at radius 2 is 1.89 bits per heavy atom. The van der Waals surface area contributed by atoms with E-state index in [4.69, 9.17) is 15.2 Å². The molecule has 1 heterocycles. The topological polar surface area (TPSA) is 70.3 Å². The fourth-order valence-corrected chi connectivity index (χ4v) is 1.63. The molecule has 5 nitrogen and oxygen atoms in total. The molecule has 2 rings (SSSR count). The molecule has 18 heavy (non-hydrogen) atoms. The van der Waals surface area contributed by atoms with Crippen LogP contribution < -0.4 is 15.2 Å². The molecule has 94 valence electrons. The van der Waals surface area contributed by atoms with Crippen molar-refractivity contribution in [2.45, 2.75) is 13.8 Å². The fraction of sp³-hybridized carbons (Fsp3) is 0.231. The van der Waals surface area contributed by atoms with Crippen LogP contribution in [-0.2, 0) is 0 Å². The summed E-state index contributed by atoms with van der Waals surface area (Å²) in [6.45, 7) is 3.71. The van der Waals surface area contributed by atoms with Gasteiger partial charge < -0.3 is 15.2 Å². The van der Waals surface area contributed by atoms with Crippen LogP contribution in [-0.4, -0.2) is 17.1 Å². The van der Waals surface area contributed by atoms with Crippen molar-refractivity contribution in [1.82, 2.24) is 9.97 Å². The Labute approximate surface area is 106 Å². The first-order valence-corrected chi connectivity index (χ1v) is 5.52. The van der Waals surface area contributed by atoms with Crippen LogP contribution in [0.1, 0.15) is 11.5 Å². The normalized spacial score (nSPS) is 10.2. The van der Waals surface area contributed by atoms with Gasteiger partial charge in [-0.15, -0.1) is 0 Å². The Balaban J connectivity index is 2.25. The van der Waals surface area contributed by atoms with Crippen molar-refractivity contribution in [3.8, 4) is 17.4 Å². The van der Waals surface area contributed by atoms with Gasteiger partial charge in [-0.25, -0.2) is 4.98 Å². The molecule has 2 N–H and O–H groups in total. The number of hydrogen-bond donors (Lipinski definition) is 1. The molecule has 0 aliphatic heterocycles.